The molecule has 7 nitrogen and oxygen atoms in total. The van der Waals surface area contributed by atoms with E-state index in [2.05, 4.69) is 5.10 Å². The van der Waals surface area contributed by atoms with Gasteiger partial charge in [0.2, 0.25) is 0 Å². The summed E-state index contributed by atoms with van der Waals surface area (Å²) in [4.78, 5) is 21.5. The zero-order valence-electron chi connectivity index (χ0n) is 9.11. The summed E-state index contributed by atoms with van der Waals surface area (Å²) in [5.74, 6) is 0. The highest BCUT2D eigenvalue weighted by molar-refractivity contribution is 5.32. The van der Waals surface area contributed by atoms with E-state index in [-0.39, 0.29) is 11.4 Å². The summed E-state index contributed by atoms with van der Waals surface area (Å²) >= 11 is 0. The third kappa shape index (κ3) is 2.22. The molecule has 2 aromatic rings. The highest BCUT2D eigenvalue weighted by Gasteiger charge is 2.06. The van der Waals surface area contributed by atoms with Crippen molar-refractivity contribution >= 4 is 5.69 Å². The fourth-order valence-corrected chi connectivity index (χ4v) is 1.43. The first-order chi connectivity index (χ1) is 8.08. The standard InChI is InChI=1S/C10H10N4O3/c1-12-7-11-13(10(12)15)6-8-2-4-9(5-3-8)14(16)17/h2-5,7H,6H2,1H3. The van der Waals surface area contributed by atoms with Crippen molar-refractivity contribution in [2.75, 3.05) is 0 Å². The lowest BCUT2D eigenvalue weighted by Gasteiger charge is -1.99. The van der Waals surface area contributed by atoms with Gasteiger partial charge in [-0.25, -0.2) is 9.48 Å². The fourth-order valence-electron chi connectivity index (χ4n) is 1.43. The summed E-state index contributed by atoms with van der Waals surface area (Å²) < 4.78 is 2.66. The van der Waals surface area contributed by atoms with Crippen LogP contribution in [0.4, 0.5) is 5.69 Å². The minimum Gasteiger partial charge on any atom is -0.285 e. The molecule has 0 radical (unpaired) electrons. The van der Waals surface area contributed by atoms with Gasteiger partial charge < -0.3 is 0 Å². The molecule has 0 aliphatic carbocycles. The summed E-state index contributed by atoms with van der Waals surface area (Å²) in [6.07, 6.45) is 1.42. The second-order valence-electron chi connectivity index (χ2n) is 3.61. The predicted molar refractivity (Wildman–Crippen MR) is 59.7 cm³/mol. The lowest BCUT2D eigenvalue weighted by molar-refractivity contribution is -0.384. The van der Waals surface area contributed by atoms with Gasteiger partial charge in [0.15, 0.2) is 0 Å². The zero-order valence-corrected chi connectivity index (χ0v) is 9.11. The minimum absolute atomic E-state index is 0.0297. The van der Waals surface area contributed by atoms with Crippen molar-refractivity contribution in [1.29, 1.82) is 0 Å². The molecule has 0 fully saturated rings. The Balaban J connectivity index is 2.22. The SMILES string of the molecule is Cn1cnn(Cc2ccc([N+](=O)[O-])cc2)c1=O. The Morgan fingerprint density at radius 1 is 1.35 bits per heavy atom. The monoisotopic (exact) mass is 234 g/mol. The van der Waals surface area contributed by atoms with E-state index in [0.717, 1.165) is 5.56 Å². The largest absolute Gasteiger partial charge is 0.345 e. The first-order valence-electron chi connectivity index (χ1n) is 4.89. The molecule has 1 aromatic heterocycles. The number of nitrogens with zero attached hydrogens (tertiary/aromatic N) is 4. The predicted octanol–water partition coefficient (Wildman–Crippen LogP) is 0.538. The highest BCUT2D eigenvalue weighted by Crippen LogP contribution is 2.11. The Morgan fingerprint density at radius 2 is 2.00 bits per heavy atom. The second kappa shape index (κ2) is 4.20. The molecule has 17 heavy (non-hydrogen) atoms. The number of hydrogen-bond acceptors (Lipinski definition) is 4. The van der Waals surface area contributed by atoms with Gasteiger partial charge in [0, 0.05) is 19.2 Å². The van der Waals surface area contributed by atoms with E-state index in [1.165, 1.54) is 27.7 Å². The maximum absolute atomic E-state index is 11.5. The van der Waals surface area contributed by atoms with E-state index >= 15 is 0 Å². The Labute approximate surface area is 96.1 Å². The van der Waals surface area contributed by atoms with Gasteiger partial charge in [-0.1, -0.05) is 12.1 Å². The molecular weight excluding hydrogens is 224 g/mol. The molecular formula is C10H10N4O3. The fraction of sp³-hybridized carbons (Fsp3) is 0.200. The van der Waals surface area contributed by atoms with Crippen LogP contribution in [0.1, 0.15) is 5.56 Å². The maximum Gasteiger partial charge on any atom is 0.345 e. The molecule has 2 rings (SSSR count). The van der Waals surface area contributed by atoms with Gasteiger partial charge in [0.05, 0.1) is 11.5 Å². The van der Waals surface area contributed by atoms with Crippen molar-refractivity contribution in [2.24, 2.45) is 7.05 Å². The van der Waals surface area contributed by atoms with Crippen LogP contribution in [0.2, 0.25) is 0 Å². The average molecular weight is 234 g/mol. The van der Waals surface area contributed by atoms with Crippen LogP contribution in [-0.4, -0.2) is 19.3 Å². The van der Waals surface area contributed by atoms with Crippen LogP contribution in [0.15, 0.2) is 35.4 Å². The normalized spacial score (nSPS) is 10.4. The number of nitro benzene ring substituents is 1. The number of aromatic nitrogens is 3. The molecule has 0 unspecified atom stereocenters. The summed E-state index contributed by atoms with van der Waals surface area (Å²) in [7, 11) is 1.61. The highest BCUT2D eigenvalue weighted by atomic mass is 16.6. The Hall–Kier alpha value is -2.44. The van der Waals surface area contributed by atoms with Crippen LogP contribution in [0.5, 0.6) is 0 Å². The lowest BCUT2D eigenvalue weighted by Crippen LogP contribution is -2.23. The summed E-state index contributed by atoms with van der Waals surface area (Å²) in [5.41, 5.74) is 0.599. The first kappa shape index (κ1) is 11.1. The van der Waals surface area contributed by atoms with Crippen molar-refractivity contribution < 1.29 is 4.92 Å². The number of nitro groups is 1. The average Bonchev–Trinajstić information content (AvgIpc) is 2.62. The molecule has 0 saturated carbocycles. The number of non-ortho nitro benzene ring substituents is 1. The molecule has 0 aliphatic rings. The minimum atomic E-state index is -0.462. The molecule has 0 spiro atoms. The van der Waals surface area contributed by atoms with Gasteiger partial charge in [0.1, 0.15) is 6.33 Å². The smallest absolute Gasteiger partial charge is 0.285 e. The van der Waals surface area contributed by atoms with E-state index in [1.54, 1.807) is 19.2 Å². The molecule has 1 heterocycles. The summed E-state index contributed by atoms with van der Waals surface area (Å²) in [5, 5.41) is 14.4. The van der Waals surface area contributed by atoms with Gasteiger partial charge in [-0.3, -0.25) is 14.7 Å². The van der Waals surface area contributed by atoms with E-state index in [0.29, 0.717) is 6.54 Å². The Kier molecular flexibility index (Phi) is 2.73. The number of aryl methyl sites for hydroxylation is 1. The third-order valence-corrected chi connectivity index (χ3v) is 2.37. The second-order valence-corrected chi connectivity index (χ2v) is 3.61. The van der Waals surface area contributed by atoms with Crippen LogP contribution >= 0.6 is 0 Å². The quantitative estimate of drug-likeness (QED) is 0.573. The van der Waals surface area contributed by atoms with Gasteiger partial charge in [-0.2, -0.15) is 5.10 Å². The van der Waals surface area contributed by atoms with Gasteiger partial charge in [0.25, 0.3) is 5.69 Å². The maximum atomic E-state index is 11.5. The van der Waals surface area contributed by atoms with Crippen molar-refractivity contribution in [3.63, 3.8) is 0 Å². The molecule has 0 N–H and O–H groups in total. The molecule has 0 bridgehead atoms. The number of hydrogen-bond donors (Lipinski definition) is 0. The van der Waals surface area contributed by atoms with Crippen molar-refractivity contribution in [1.82, 2.24) is 14.3 Å². The third-order valence-electron chi connectivity index (χ3n) is 2.37. The van der Waals surface area contributed by atoms with E-state index in [1.807, 2.05) is 0 Å². The molecule has 0 atom stereocenters. The molecule has 0 saturated heterocycles. The van der Waals surface area contributed by atoms with Gasteiger partial charge in [-0.05, 0) is 5.56 Å². The number of rotatable bonds is 3. The summed E-state index contributed by atoms with van der Waals surface area (Å²) in [6, 6.07) is 6.03. The lowest BCUT2D eigenvalue weighted by atomic mass is 10.2. The van der Waals surface area contributed by atoms with Crippen molar-refractivity contribution in [3.05, 3.63) is 56.8 Å². The van der Waals surface area contributed by atoms with Crippen LogP contribution in [0, 0.1) is 10.1 Å². The molecule has 88 valence electrons. The van der Waals surface area contributed by atoms with Crippen molar-refractivity contribution in [2.45, 2.75) is 6.54 Å². The zero-order chi connectivity index (χ0) is 12.4. The molecule has 0 amide bonds. The van der Waals surface area contributed by atoms with E-state index in [4.69, 9.17) is 0 Å². The van der Waals surface area contributed by atoms with Gasteiger partial charge in [-0.15, -0.1) is 0 Å². The Morgan fingerprint density at radius 3 is 2.47 bits per heavy atom. The molecule has 7 heteroatoms. The van der Waals surface area contributed by atoms with Gasteiger partial charge >= 0.3 is 5.69 Å². The van der Waals surface area contributed by atoms with Crippen LogP contribution in [-0.2, 0) is 13.6 Å². The Bertz CT molecular complexity index is 597. The number of benzene rings is 1. The topological polar surface area (TPSA) is 83.0 Å². The summed E-state index contributed by atoms with van der Waals surface area (Å²) in [6.45, 7) is 0.303. The molecule has 0 aliphatic heterocycles. The van der Waals surface area contributed by atoms with E-state index < -0.39 is 4.92 Å². The van der Waals surface area contributed by atoms with Crippen LogP contribution in [0.25, 0.3) is 0 Å². The van der Waals surface area contributed by atoms with E-state index in [9.17, 15) is 14.9 Å². The first-order valence-corrected chi connectivity index (χ1v) is 4.89. The van der Waals surface area contributed by atoms with Crippen molar-refractivity contribution in [3.8, 4) is 0 Å². The molecule has 1 aromatic carbocycles. The van der Waals surface area contributed by atoms with Crippen LogP contribution < -0.4 is 5.69 Å². The van der Waals surface area contributed by atoms with Crippen LogP contribution in [0.3, 0.4) is 0 Å².